The van der Waals surface area contributed by atoms with Gasteiger partial charge in [-0.2, -0.15) is 0 Å². The van der Waals surface area contributed by atoms with E-state index in [4.69, 9.17) is 26.4 Å². The first-order valence-electron chi connectivity index (χ1n) is 11.3. The van der Waals surface area contributed by atoms with Crippen molar-refractivity contribution in [2.24, 2.45) is 0 Å². The summed E-state index contributed by atoms with van der Waals surface area (Å²) in [5.41, 5.74) is 0. The van der Waals surface area contributed by atoms with Crippen molar-refractivity contribution in [2.45, 2.75) is 71.2 Å². The molecule has 0 amide bonds. The van der Waals surface area contributed by atoms with Crippen molar-refractivity contribution in [1.82, 2.24) is 9.80 Å². The summed E-state index contributed by atoms with van der Waals surface area (Å²) in [6, 6.07) is 0.728. The lowest BCUT2D eigenvalue weighted by atomic mass is 10.2. The highest BCUT2D eigenvalue weighted by Crippen LogP contribution is 2.29. The van der Waals surface area contributed by atoms with E-state index in [1.165, 1.54) is 0 Å². The Morgan fingerprint density at radius 2 is 1.57 bits per heavy atom. The number of fused-ring (bicyclic) bond motifs is 6. The third-order valence-corrected chi connectivity index (χ3v) is 10.6. The fourth-order valence-electron chi connectivity index (χ4n) is 4.48. The van der Waals surface area contributed by atoms with Crippen LogP contribution in [0.5, 0.6) is 0 Å². The predicted molar refractivity (Wildman–Crippen MR) is 120 cm³/mol. The minimum atomic E-state index is -2.80. The van der Waals surface area contributed by atoms with Crippen molar-refractivity contribution >= 4 is 20.3 Å². The Hall–Kier alpha value is 0.247. The zero-order valence-corrected chi connectivity index (χ0v) is 21.3. The molecule has 0 radical (unpaired) electrons. The number of hydrogen-bond acceptors (Lipinski definition) is 8. The molecule has 6 unspecified atom stereocenters. The molecular formula is C20H41N2O6SSi+. The van der Waals surface area contributed by atoms with Crippen molar-refractivity contribution in [3.8, 4) is 0 Å². The van der Waals surface area contributed by atoms with Crippen LogP contribution in [0.1, 0.15) is 34.6 Å². The molecule has 0 aromatic carbocycles. The van der Waals surface area contributed by atoms with Gasteiger partial charge in [0.1, 0.15) is 12.7 Å². The summed E-state index contributed by atoms with van der Waals surface area (Å²) in [5.74, 6) is 0.751. The van der Waals surface area contributed by atoms with Gasteiger partial charge in [-0.3, -0.25) is 9.80 Å². The van der Waals surface area contributed by atoms with E-state index in [-0.39, 0.29) is 30.5 Å². The lowest BCUT2D eigenvalue weighted by Crippen LogP contribution is -2.61. The van der Waals surface area contributed by atoms with Crippen molar-refractivity contribution in [3.05, 3.63) is 0 Å². The highest BCUT2D eigenvalue weighted by molar-refractivity contribution is 7.87. The number of rotatable bonds is 6. The normalized spacial score (nSPS) is 42.6. The van der Waals surface area contributed by atoms with E-state index in [0.29, 0.717) is 6.61 Å². The van der Waals surface area contributed by atoms with Gasteiger partial charge in [-0.25, -0.2) is 0 Å². The summed E-state index contributed by atoms with van der Waals surface area (Å²) in [4.78, 5) is 4.74. The molecule has 2 bridgehead atoms. The Kier molecular flexibility index (Phi) is 9.45. The van der Waals surface area contributed by atoms with Crippen LogP contribution >= 0.6 is 0 Å². The van der Waals surface area contributed by atoms with Crippen LogP contribution in [-0.2, 0) is 37.8 Å². The van der Waals surface area contributed by atoms with E-state index in [2.05, 4.69) is 44.4 Å². The largest absolute Gasteiger partial charge is 0.506 e. The van der Waals surface area contributed by atoms with Crippen LogP contribution in [0.2, 0.25) is 6.04 Å². The van der Waals surface area contributed by atoms with Crippen LogP contribution < -0.4 is 0 Å². The van der Waals surface area contributed by atoms with E-state index in [0.717, 1.165) is 51.1 Å². The van der Waals surface area contributed by atoms with Gasteiger partial charge in [-0.1, -0.05) is 0 Å². The molecule has 4 fully saturated rings. The molecule has 6 atom stereocenters. The molecule has 0 aromatic heterocycles. The van der Waals surface area contributed by atoms with Gasteiger partial charge in [0, 0.05) is 46.4 Å². The predicted octanol–water partition coefficient (Wildman–Crippen LogP) is 1.69. The average molecular weight is 466 g/mol. The summed E-state index contributed by atoms with van der Waals surface area (Å²) in [7, 11) is -1.05. The Labute approximate surface area is 186 Å². The number of hydrogen-bond donors (Lipinski definition) is 0. The van der Waals surface area contributed by atoms with Crippen LogP contribution in [0.15, 0.2) is 0 Å². The number of methoxy groups -OCH3 is 1. The van der Waals surface area contributed by atoms with Gasteiger partial charge in [0.25, 0.3) is 0 Å². The zero-order chi connectivity index (χ0) is 21.7. The van der Waals surface area contributed by atoms with Gasteiger partial charge in [0.2, 0.25) is 0 Å². The van der Waals surface area contributed by atoms with E-state index >= 15 is 0 Å². The van der Waals surface area contributed by atoms with Gasteiger partial charge in [-0.15, -0.1) is 8.37 Å². The molecule has 0 spiro atoms. The highest BCUT2D eigenvalue weighted by Gasteiger charge is 2.51. The number of ether oxygens (including phenoxy) is 1. The topological polar surface area (TPSA) is 61.9 Å². The second-order valence-electron chi connectivity index (χ2n) is 8.98. The van der Waals surface area contributed by atoms with Gasteiger partial charge in [-0.05, 0) is 34.6 Å². The summed E-state index contributed by atoms with van der Waals surface area (Å²) in [6.45, 7) is 16.7. The fraction of sp³-hybridized carbons (Fsp3) is 1.00. The molecule has 4 rings (SSSR count). The first-order chi connectivity index (χ1) is 14.3. The third kappa shape index (κ3) is 7.40. The van der Waals surface area contributed by atoms with E-state index < -0.39 is 20.3 Å². The molecule has 8 nitrogen and oxygen atoms in total. The molecule has 4 saturated heterocycles. The first kappa shape index (κ1) is 24.9. The molecule has 0 aliphatic carbocycles. The summed E-state index contributed by atoms with van der Waals surface area (Å²) < 4.78 is 37.2. The van der Waals surface area contributed by atoms with E-state index in [1.807, 2.05) is 0 Å². The Balaban J connectivity index is 1.58. The fourth-order valence-corrected chi connectivity index (χ4v) is 9.69. The molecule has 0 saturated carbocycles. The molecule has 176 valence electrons. The van der Waals surface area contributed by atoms with Crippen LogP contribution in [-0.4, -0.2) is 108 Å². The minimum Gasteiger partial charge on any atom is -0.380 e. The maximum Gasteiger partial charge on any atom is 0.506 e. The molecule has 4 heterocycles. The second kappa shape index (κ2) is 11.4. The SMILES string of the molecule is COC(C)CN1CCO[S+](CC[Si]23OC(C)CN(CC(C)O2)CC(C)O3)OC(C)C1. The maximum absolute atomic E-state index is 6.46. The average Bonchev–Trinajstić information content (AvgIpc) is 2.61. The lowest BCUT2D eigenvalue weighted by molar-refractivity contribution is -0.0783. The van der Waals surface area contributed by atoms with Gasteiger partial charge < -0.3 is 18.0 Å². The maximum atomic E-state index is 6.46. The Bertz CT molecular complexity index is 499. The quantitative estimate of drug-likeness (QED) is 0.434. The lowest BCUT2D eigenvalue weighted by Gasteiger charge is -2.45. The van der Waals surface area contributed by atoms with Crippen molar-refractivity contribution in [3.63, 3.8) is 0 Å². The van der Waals surface area contributed by atoms with E-state index in [9.17, 15) is 0 Å². The van der Waals surface area contributed by atoms with Crippen LogP contribution in [0.25, 0.3) is 0 Å². The summed E-state index contributed by atoms with van der Waals surface area (Å²) in [6.07, 6.45) is 0.616. The van der Waals surface area contributed by atoms with Gasteiger partial charge in [0.15, 0.2) is 5.75 Å². The second-order valence-corrected chi connectivity index (χ2v) is 13.0. The Morgan fingerprint density at radius 3 is 2.13 bits per heavy atom. The standard InChI is InChI=1S/C20H41N2O6SSi/c1-16(23-6)11-21-7-8-24-29(25-17(2)12-21)9-10-30-26-18(3)13-22(14-19(4)27-30)15-20(5)28-30/h16-20H,7-15H2,1-6H3/q+1. The molecule has 4 aliphatic rings. The molecule has 0 aromatic rings. The van der Waals surface area contributed by atoms with Crippen molar-refractivity contribution in [1.29, 1.82) is 0 Å². The summed E-state index contributed by atoms with van der Waals surface area (Å²) in [5, 5.41) is 0. The van der Waals surface area contributed by atoms with Gasteiger partial charge in [0.05, 0.1) is 30.5 Å². The minimum absolute atomic E-state index is 0.0969. The Morgan fingerprint density at radius 1 is 0.967 bits per heavy atom. The van der Waals surface area contributed by atoms with E-state index in [1.54, 1.807) is 7.11 Å². The van der Waals surface area contributed by atoms with Crippen LogP contribution in [0.3, 0.4) is 0 Å². The zero-order valence-electron chi connectivity index (χ0n) is 19.5. The molecular weight excluding hydrogens is 424 g/mol. The van der Waals surface area contributed by atoms with Crippen molar-refractivity contribution in [2.75, 3.05) is 58.7 Å². The third-order valence-electron chi connectivity index (χ3n) is 5.59. The molecule has 0 N–H and O–H groups in total. The van der Waals surface area contributed by atoms with Crippen molar-refractivity contribution < 1.29 is 26.4 Å². The van der Waals surface area contributed by atoms with Gasteiger partial charge >= 0.3 is 20.3 Å². The summed E-state index contributed by atoms with van der Waals surface area (Å²) >= 11 is -0.568. The van der Waals surface area contributed by atoms with Crippen LogP contribution in [0, 0.1) is 0 Å². The molecule has 4 aliphatic heterocycles. The van der Waals surface area contributed by atoms with Crippen LogP contribution in [0.4, 0.5) is 0 Å². The highest BCUT2D eigenvalue weighted by atomic mass is 32.2. The molecule has 10 heteroatoms. The number of nitrogens with zero attached hydrogens (tertiary/aromatic N) is 2. The molecule has 30 heavy (non-hydrogen) atoms. The smallest absolute Gasteiger partial charge is 0.380 e. The first-order valence-corrected chi connectivity index (χ1v) is 14.5. The monoisotopic (exact) mass is 465 g/mol.